The van der Waals surface area contributed by atoms with E-state index in [0.717, 1.165) is 42.2 Å². The Labute approximate surface area is 165 Å². The van der Waals surface area contributed by atoms with Gasteiger partial charge in [-0.1, -0.05) is 18.2 Å². The van der Waals surface area contributed by atoms with Crippen molar-refractivity contribution in [1.82, 2.24) is 4.98 Å². The Bertz CT molecular complexity index is 1010. The number of hydrogen-bond donors (Lipinski definition) is 3. The van der Waals surface area contributed by atoms with Gasteiger partial charge in [0.15, 0.2) is 5.43 Å². The van der Waals surface area contributed by atoms with Gasteiger partial charge in [-0.05, 0) is 44.2 Å². The molecule has 0 unspecified atom stereocenters. The highest BCUT2D eigenvalue weighted by Crippen LogP contribution is 2.24. The molecule has 0 spiro atoms. The Kier molecular flexibility index (Phi) is 5.46. The molecule has 0 bridgehead atoms. The number of nitrogens with one attached hydrogen (secondary N) is 3. The number of H-pyrrole nitrogens is 1. The molecule has 28 heavy (non-hydrogen) atoms. The number of likely N-dealkylation sites (N-methyl/N-ethyl adjacent to an activating group) is 1. The van der Waals surface area contributed by atoms with Crippen molar-refractivity contribution in [3.63, 3.8) is 0 Å². The molecule has 5 heteroatoms. The third kappa shape index (κ3) is 3.96. The highest BCUT2D eigenvalue weighted by Gasteiger charge is 2.23. The van der Waals surface area contributed by atoms with Gasteiger partial charge in [-0.3, -0.25) is 4.79 Å². The first-order valence-electron chi connectivity index (χ1n) is 10.2. The molecule has 1 fully saturated rings. The molecular weight excluding hydrogens is 350 g/mol. The fourth-order valence-corrected chi connectivity index (χ4v) is 4.07. The molecule has 0 saturated carbocycles. The van der Waals surface area contributed by atoms with Crippen LogP contribution in [0.1, 0.15) is 18.2 Å². The van der Waals surface area contributed by atoms with Crippen LogP contribution in [0.4, 0.5) is 0 Å². The van der Waals surface area contributed by atoms with E-state index in [4.69, 9.17) is 4.74 Å². The predicted molar refractivity (Wildman–Crippen MR) is 111 cm³/mol. The lowest BCUT2D eigenvalue weighted by Crippen LogP contribution is -3.27. The number of quaternary nitrogens is 2. The van der Waals surface area contributed by atoms with E-state index in [1.165, 1.54) is 24.5 Å². The van der Waals surface area contributed by atoms with Crippen LogP contribution in [0.2, 0.25) is 0 Å². The summed E-state index contributed by atoms with van der Waals surface area (Å²) in [7, 11) is 0. The molecule has 3 aromatic rings. The van der Waals surface area contributed by atoms with Crippen molar-refractivity contribution in [3.05, 3.63) is 70.0 Å². The normalized spacial score (nSPS) is 19.6. The van der Waals surface area contributed by atoms with Crippen molar-refractivity contribution >= 4 is 10.9 Å². The van der Waals surface area contributed by atoms with Crippen LogP contribution in [-0.2, 0) is 6.54 Å². The van der Waals surface area contributed by atoms with Gasteiger partial charge >= 0.3 is 0 Å². The zero-order chi connectivity index (χ0) is 19.5. The van der Waals surface area contributed by atoms with Crippen molar-refractivity contribution in [2.45, 2.75) is 20.4 Å². The second kappa shape index (κ2) is 8.17. The molecule has 0 atom stereocenters. The minimum absolute atomic E-state index is 0.127. The van der Waals surface area contributed by atoms with Crippen molar-refractivity contribution in [2.24, 2.45) is 0 Å². The van der Waals surface area contributed by atoms with Crippen molar-refractivity contribution in [3.8, 4) is 11.5 Å². The topological polar surface area (TPSA) is 51.0 Å². The monoisotopic (exact) mass is 379 g/mol. The molecule has 3 N–H and O–H groups in total. The Morgan fingerprint density at radius 3 is 2.39 bits per heavy atom. The summed E-state index contributed by atoms with van der Waals surface area (Å²) in [6, 6.07) is 15.4. The lowest BCUT2D eigenvalue weighted by molar-refractivity contribution is -1.02. The highest BCUT2D eigenvalue weighted by molar-refractivity contribution is 5.81. The second-order valence-corrected chi connectivity index (χ2v) is 7.71. The van der Waals surface area contributed by atoms with Gasteiger partial charge in [-0.25, -0.2) is 0 Å². The molecule has 1 aliphatic rings. The van der Waals surface area contributed by atoms with E-state index >= 15 is 0 Å². The zero-order valence-electron chi connectivity index (χ0n) is 16.7. The van der Waals surface area contributed by atoms with Gasteiger partial charge in [-0.15, -0.1) is 0 Å². The minimum atomic E-state index is 0.127. The summed E-state index contributed by atoms with van der Waals surface area (Å²) in [5.41, 5.74) is 2.87. The first kappa shape index (κ1) is 18.7. The summed E-state index contributed by atoms with van der Waals surface area (Å²) in [6.07, 6.45) is 0. The molecule has 146 valence electrons. The van der Waals surface area contributed by atoms with E-state index in [1.54, 1.807) is 4.90 Å². The fraction of sp³-hybridized carbons (Fsp3) is 0.348. The lowest BCUT2D eigenvalue weighted by Gasteiger charge is -2.29. The molecule has 2 heterocycles. The third-order valence-corrected chi connectivity index (χ3v) is 5.85. The van der Waals surface area contributed by atoms with Crippen LogP contribution < -0.4 is 20.0 Å². The van der Waals surface area contributed by atoms with E-state index in [9.17, 15) is 4.79 Å². The van der Waals surface area contributed by atoms with Gasteiger partial charge in [0.05, 0.1) is 12.1 Å². The number of rotatable bonds is 5. The maximum absolute atomic E-state index is 13.3. The third-order valence-electron chi connectivity index (χ3n) is 5.85. The van der Waals surface area contributed by atoms with Crippen molar-refractivity contribution in [2.75, 3.05) is 32.7 Å². The van der Waals surface area contributed by atoms with Crippen LogP contribution in [0.15, 0.2) is 53.3 Å². The van der Waals surface area contributed by atoms with Gasteiger partial charge in [0.25, 0.3) is 0 Å². The van der Waals surface area contributed by atoms with E-state index < -0.39 is 0 Å². The minimum Gasteiger partial charge on any atom is -0.457 e. The standard InChI is InChI=1S/C23H27N3O2/c1-3-25-11-13-26(14-12-25)16-21-17(2)24-22-10-9-19(15-20(22)23(21)27)28-18-7-5-4-6-8-18/h4-10,15H,3,11-14,16H2,1-2H3,(H,24,27)/p+2. The van der Waals surface area contributed by atoms with E-state index in [-0.39, 0.29) is 5.43 Å². The van der Waals surface area contributed by atoms with Crippen molar-refractivity contribution in [1.29, 1.82) is 0 Å². The second-order valence-electron chi connectivity index (χ2n) is 7.71. The summed E-state index contributed by atoms with van der Waals surface area (Å²) in [5, 5.41) is 0.700. The summed E-state index contributed by atoms with van der Waals surface area (Å²) in [5.74, 6) is 1.46. The smallest absolute Gasteiger partial charge is 0.198 e. The number of aryl methyl sites for hydroxylation is 1. The number of piperazine rings is 1. The number of fused-ring (bicyclic) bond motifs is 1. The molecule has 1 saturated heterocycles. The first-order valence-corrected chi connectivity index (χ1v) is 10.2. The summed E-state index contributed by atoms with van der Waals surface area (Å²) in [6.45, 7) is 10.8. The maximum atomic E-state index is 13.3. The number of hydrogen-bond acceptors (Lipinski definition) is 2. The summed E-state index contributed by atoms with van der Waals surface area (Å²) in [4.78, 5) is 19.8. The Morgan fingerprint density at radius 1 is 0.964 bits per heavy atom. The number of pyridine rings is 1. The molecule has 5 nitrogen and oxygen atoms in total. The number of aromatic amines is 1. The van der Waals surface area contributed by atoms with Gasteiger partial charge in [0.1, 0.15) is 44.2 Å². The maximum Gasteiger partial charge on any atom is 0.198 e. The van der Waals surface area contributed by atoms with Gasteiger partial charge in [0.2, 0.25) is 0 Å². The Hall–Kier alpha value is -2.63. The van der Waals surface area contributed by atoms with Crippen LogP contribution in [0.5, 0.6) is 11.5 Å². The van der Waals surface area contributed by atoms with Crippen LogP contribution in [0.3, 0.4) is 0 Å². The van der Waals surface area contributed by atoms with Gasteiger partial charge in [-0.2, -0.15) is 0 Å². The molecule has 4 rings (SSSR count). The average molecular weight is 380 g/mol. The van der Waals surface area contributed by atoms with Crippen LogP contribution in [-0.4, -0.2) is 37.7 Å². The quantitative estimate of drug-likeness (QED) is 0.618. The summed E-state index contributed by atoms with van der Waals surface area (Å²) >= 11 is 0. The fourth-order valence-electron chi connectivity index (χ4n) is 4.07. The lowest BCUT2D eigenvalue weighted by atomic mass is 10.1. The highest BCUT2D eigenvalue weighted by atomic mass is 16.5. The molecule has 0 radical (unpaired) electrons. The van der Waals surface area contributed by atoms with Crippen LogP contribution in [0.25, 0.3) is 10.9 Å². The molecule has 0 aliphatic carbocycles. The predicted octanol–water partition coefficient (Wildman–Crippen LogP) is 0.932. The summed E-state index contributed by atoms with van der Waals surface area (Å²) < 4.78 is 5.92. The average Bonchev–Trinajstić information content (AvgIpc) is 2.73. The Balaban J connectivity index is 1.61. The largest absolute Gasteiger partial charge is 0.457 e. The van der Waals surface area contributed by atoms with E-state index in [2.05, 4.69) is 11.9 Å². The molecule has 2 aromatic carbocycles. The van der Waals surface area contributed by atoms with E-state index in [0.29, 0.717) is 11.1 Å². The zero-order valence-corrected chi connectivity index (χ0v) is 16.7. The molecule has 1 aromatic heterocycles. The molecule has 0 amide bonds. The van der Waals surface area contributed by atoms with Crippen molar-refractivity contribution < 1.29 is 14.5 Å². The number of aromatic nitrogens is 1. The van der Waals surface area contributed by atoms with Gasteiger partial charge < -0.3 is 19.5 Å². The van der Waals surface area contributed by atoms with E-state index in [1.807, 2.05) is 55.5 Å². The first-order chi connectivity index (χ1) is 13.6. The van der Waals surface area contributed by atoms with Crippen LogP contribution in [0, 0.1) is 6.92 Å². The number of benzene rings is 2. The van der Waals surface area contributed by atoms with Gasteiger partial charge in [0, 0.05) is 16.6 Å². The molecule has 1 aliphatic heterocycles. The number of para-hydroxylation sites is 1. The number of ether oxygens (including phenoxy) is 1. The Morgan fingerprint density at radius 2 is 1.68 bits per heavy atom. The SMILES string of the molecule is CC[NH+]1CC[NH+](Cc2c(C)[nH]c3ccc(Oc4ccccc4)cc3c2=O)CC1. The molecular formula is C23H29N3O2+2. The van der Waals surface area contributed by atoms with Crippen LogP contribution >= 0.6 is 0 Å².